The van der Waals surface area contributed by atoms with Crippen molar-refractivity contribution < 1.29 is 9.53 Å². The number of benzene rings is 2. The summed E-state index contributed by atoms with van der Waals surface area (Å²) in [6.07, 6.45) is 0. The van der Waals surface area contributed by atoms with Gasteiger partial charge in [0.15, 0.2) is 0 Å². The predicted octanol–water partition coefficient (Wildman–Crippen LogP) is 5.85. The molecule has 128 valence electrons. The Hall–Kier alpha value is -2.30. The van der Waals surface area contributed by atoms with Gasteiger partial charge in [-0.25, -0.2) is 0 Å². The first kappa shape index (κ1) is 17.5. The van der Waals surface area contributed by atoms with Crippen molar-refractivity contribution in [2.75, 3.05) is 5.32 Å². The van der Waals surface area contributed by atoms with Crippen LogP contribution in [0.1, 0.15) is 26.4 Å². The number of aryl methyl sites for hydroxylation is 2. The first-order valence-corrected chi connectivity index (χ1v) is 9.11. The number of nitrogens with one attached hydrogen (secondary N) is 1. The Morgan fingerprint density at radius 1 is 1.08 bits per heavy atom. The van der Waals surface area contributed by atoms with E-state index >= 15 is 0 Å². The number of ether oxygens (including phenoxy) is 1. The van der Waals surface area contributed by atoms with Gasteiger partial charge in [-0.3, -0.25) is 4.79 Å². The lowest BCUT2D eigenvalue weighted by Crippen LogP contribution is -2.10. The molecule has 3 rings (SSSR count). The van der Waals surface area contributed by atoms with Crippen LogP contribution in [0.2, 0.25) is 5.02 Å². The Kier molecular flexibility index (Phi) is 5.41. The summed E-state index contributed by atoms with van der Waals surface area (Å²) in [5.41, 5.74) is 4.03. The largest absolute Gasteiger partial charge is 0.489 e. The molecule has 0 unspecified atom stereocenters. The van der Waals surface area contributed by atoms with Crippen LogP contribution in [-0.2, 0) is 6.61 Å². The molecule has 0 atom stereocenters. The second kappa shape index (κ2) is 7.72. The summed E-state index contributed by atoms with van der Waals surface area (Å²) in [6.45, 7) is 4.44. The summed E-state index contributed by atoms with van der Waals surface area (Å²) in [5.74, 6) is 0.643. The standard InChI is InChI=1S/C20H18ClNO2S/c1-13-7-14(2)9-17(8-13)22-20(23)19-10-15(12-25-19)11-24-18-5-3-16(21)4-6-18/h3-10,12H,11H2,1-2H3,(H,22,23). The lowest BCUT2D eigenvalue weighted by molar-refractivity contribution is 0.103. The van der Waals surface area contributed by atoms with Crippen molar-refractivity contribution in [2.24, 2.45) is 0 Å². The molecule has 0 aliphatic carbocycles. The van der Waals surface area contributed by atoms with Crippen LogP contribution in [0.5, 0.6) is 5.75 Å². The van der Waals surface area contributed by atoms with Gasteiger partial charge in [-0.2, -0.15) is 0 Å². The van der Waals surface area contributed by atoms with Crippen molar-refractivity contribution in [2.45, 2.75) is 20.5 Å². The molecule has 0 aliphatic rings. The van der Waals surface area contributed by atoms with Crippen molar-refractivity contribution in [3.8, 4) is 5.75 Å². The lowest BCUT2D eigenvalue weighted by atomic mass is 10.1. The summed E-state index contributed by atoms with van der Waals surface area (Å²) in [7, 11) is 0. The van der Waals surface area contributed by atoms with Crippen molar-refractivity contribution in [1.29, 1.82) is 0 Å². The molecule has 25 heavy (non-hydrogen) atoms. The molecule has 1 amide bonds. The van der Waals surface area contributed by atoms with Gasteiger partial charge in [0.1, 0.15) is 12.4 Å². The first-order chi connectivity index (χ1) is 12.0. The molecule has 0 saturated heterocycles. The molecule has 0 spiro atoms. The fraction of sp³-hybridized carbons (Fsp3) is 0.150. The van der Waals surface area contributed by atoms with E-state index in [0.717, 1.165) is 28.1 Å². The normalized spacial score (nSPS) is 10.5. The van der Waals surface area contributed by atoms with E-state index in [2.05, 4.69) is 11.4 Å². The van der Waals surface area contributed by atoms with Crippen LogP contribution in [0.25, 0.3) is 0 Å². The van der Waals surface area contributed by atoms with Crippen molar-refractivity contribution >= 4 is 34.5 Å². The summed E-state index contributed by atoms with van der Waals surface area (Å²) >= 11 is 7.26. The smallest absolute Gasteiger partial charge is 0.265 e. The van der Waals surface area contributed by atoms with Crippen LogP contribution >= 0.6 is 22.9 Å². The minimum Gasteiger partial charge on any atom is -0.489 e. The Balaban J connectivity index is 1.62. The summed E-state index contributed by atoms with van der Waals surface area (Å²) < 4.78 is 5.71. The van der Waals surface area contributed by atoms with Crippen LogP contribution in [-0.4, -0.2) is 5.91 Å². The van der Waals surface area contributed by atoms with Crippen LogP contribution < -0.4 is 10.1 Å². The number of thiophene rings is 1. The molecule has 3 aromatic rings. The van der Waals surface area contributed by atoms with E-state index in [-0.39, 0.29) is 5.91 Å². The number of carbonyl (C=O) groups is 1. The van der Waals surface area contributed by atoms with Crippen LogP contribution in [0.4, 0.5) is 5.69 Å². The van der Waals surface area contributed by atoms with Gasteiger partial charge in [-0.1, -0.05) is 17.7 Å². The van der Waals surface area contributed by atoms with E-state index in [4.69, 9.17) is 16.3 Å². The number of halogens is 1. The first-order valence-electron chi connectivity index (χ1n) is 7.85. The number of hydrogen-bond acceptors (Lipinski definition) is 3. The summed E-state index contributed by atoms with van der Waals surface area (Å²) in [5, 5.41) is 5.56. The van der Waals surface area contributed by atoms with Gasteiger partial charge in [0, 0.05) is 16.3 Å². The van der Waals surface area contributed by atoms with E-state index in [9.17, 15) is 4.79 Å². The van der Waals surface area contributed by atoms with Crippen LogP contribution in [0, 0.1) is 13.8 Å². The highest BCUT2D eigenvalue weighted by molar-refractivity contribution is 7.12. The minimum absolute atomic E-state index is 0.104. The second-order valence-corrected chi connectivity index (χ2v) is 7.24. The number of amides is 1. The van der Waals surface area contributed by atoms with E-state index in [1.807, 2.05) is 49.6 Å². The maximum Gasteiger partial charge on any atom is 0.265 e. The zero-order valence-electron chi connectivity index (χ0n) is 14.0. The minimum atomic E-state index is -0.104. The highest BCUT2D eigenvalue weighted by atomic mass is 35.5. The zero-order valence-corrected chi connectivity index (χ0v) is 15.6. The molecule has 0 aliphatic heterocycles. The van der Waals surface area contributed by atoms with Gasteiger partial charge in [0.05, 0.1) is 4.88 Å². The van der Waals surface area contributed by atoms with Crippen molar-refractivity contribution in [1.82, 2.24) is 0 Å². The highest BCUT2D eigenvalue weighted by Gasteiger charge is 2.10. The third-order valence-electron chi connectivity index (χ3n) is 3.58. The van der Waals surface area contributed by atoms with E-state index in [1.54, 1.807) is 12.1 Å². The van der Waals surface area contributed by atoms with Gasteiger partial charge in [-0.15, -0.1) is 11.3 Å². The number of carbonyl (C=O) groups excluding carboxylic acids is 1. The Labute approximate surface area is 156 Å². The lowest BCUT2D eigenvalue weighted by Gasteiger charge is -2.06. The molecule has 0 fully saturated rings. The molecule has 0 bridgehead atoms. The molecule has 0 radical (unpaired) electrons. The van der Waals surface area contributed by atoms with Gasteiger partial charge < -0.3 is 10.1 Å². The zero-order chi connectivity index (χ0) is 17.8. The molecule has 1 heterocycles. The third-order valence-corrected chi connectivity index (χ3v) is 4.81. The number of hydrogen-bond donors (Lipinski definition) is 1. The molecular weight excluding hydrogens is 354 g/mol. The fourth-order valence-corrected chi connectivity index (χ4v) is 3.43. The number of rotatable bonds is 5. The van der Waals surface area contributed by atoms with Gasteiger partial charge in [-0.05, 0) is 72.8 Å². The molecule has 1 aromatic heterocycles. The number of anilines is 1. The van der Waals surface area contributed by atoms with E-state index < -0.39 is 0 Å². The summed E-state index contributed by atoms with van der Waals surface area (Å²) in [6, 6.07) is 15.1. The highest BCUT2D eigenvalue weighted by Crippen LogP contribution is 2.21. The average Bonchev–Trinajstić information content (AvgIpc) is 3.02. The molecule has 1 N–H and O–H groups in total. The maximum atomic E-state index is 12.4. The molecule has 3 nitrogen and oxygen atoms in total. The van der Waals surface area contributed by atoms with Gasteiger partial charge in [0.2, 0.25) is 0 Å². The second-order valence-electron chi connectivity index (χ2n) is 5.89. The average molecular weight is 372 g/mol. The SMILES string of the molecule is Cc1cc(C)cc(NC(=O)c2cc(COc3ccc(Cl)cc3)cs2)c1. The monoisotopic (exact) mass is 371 g/mol. The van der Waals surface area contributed by atoms with Crippen LogP contribution in [0.3, 0.4) is 0 Å². The molecular formula is C20H18ClNO2S. The fourth-order valence-electron chi connectivity index (χ4n) is 2.51. The topological polar surface area (TPSA) is 38.3 Å². The maximum absolute atomic E-state index is 12.4. The van der Waals surface area contributed by atoms with Gasteiger partial charge >= 0.3 is 0 Å². The molecule has 5 heteroatoms. The Morgan fingerprint density at radius 3 is 2.44 bits per heavy atom. The predicted molar refractivity (Wildman–Crippen MR) is 104 cm³/mol. The van der Waals surface area contributed by atoms with Crippen LogP contribution in [0.15, 0.2) is 53.9 Å². The molecule has 2 aromatic carbocycles. The molecule has 0 saturated carbocycles. The van der Waals surface area contributed by atoms with E-state index in [1.165, 1.54) is 11.3 Å². The van der Waals surface area contributed by atoms with Gasteiger partial charge in [0.25, 0.3) is 5.91 Å². The van der Waals surface area contributed by atoms with Crippen molar-refractivity contribution in [3.63, 3.8) is 0 Å². The summed E-state index contributed by atoms with van der Waals surface area (Å²) in [4.78, 5) is 13.1. The quantitative estimate of drug-likeness (QED) is 0.610. The van der Waals surface area contributed by atoms with Crippen molar-refractivity contribution in [3.05, 3.63) is 80.5 Å². The van der Waals surface area contributed by atoms with E-state index in [0.29, 0.717) is 16.5 Å². The third kappa shape index (κ3) is 4.84. The Bertz CT molecular complexity index is 867. The Morgan fingerprint density at radius 2 is 1.76 bits per heavy atom.